The fraction of sp³-hybridized carbons (Fsp3) is 0.421. The summed E-state index contributed by atoms with van der Waals surface area (Å²) in [5.74, 6) is -0.836. The van der Waals surface area contributed by atoms with Gasteiger partial charge in [0.2, 0.25) is 0 Å². The van der Waals surface area contributed by atoms with Crippen molar-refractivity contribution >= 4 is 11.9 Å². The standard InChI is InChI=1S/C19H25N3O4/c1-2-3-4-5-10-26-16-8-6-14(7-9-16)18(23)22-17(19(24)25)11-15-12-20-13-21-15/h6-9,12-13,17H,2-5,10-11H2,1H3,(H,20,21)(H,22,23)(H,24,25)/t17-/m0/s1. The molecule has 2 aromatic rings. The fourth-order valence-corrected chi connectivity index (χ4v) is 2.48. The maximum Gasteiger partial charge on any atom is 0.326 e. The summed E-state index contributed by atoms with van der Waals surface area (Å²) >= 11 is 0. The summed E-state index contributed by atoms with van der Waals surface area (Å²) in [6.45, 7) is 2.81. The van der Waals surface area contributed by atoms with E-state index in [0.717, 1.165) is 12.8 Å². The number of carbonyl (C=O) groups is 2. The Hall–Kier alpha value is -2.83. The number of unbranched alkanes of at least 4 members (excludes halogenated alkanes) is 3. The first kappa shape index (κ1) is 19.5. The van der Waals surface area contributed by atoms with E-state index in [4.69, 9.17) is 4.74 Å². The average molecular weight is 359 g/mol. The molecule has 140 valence electrons. The van der Waals surface area contributed by atoms with Gasteiger partial charge in [-0.05, 0) is 30.7 Å². The van der Waals surface area contributed by atoms with E-state index in [1.54, 1.807) is 24.3 Å². The van der Waals surface area contributed by atoms with Gasteiger partial charge in [-0.25, -0.2) is 9.78 Å². The van der Waals surface area contributed by atoms with Gasteiger partial charge in [-0.1, -0.05) is 26.2 Å². The number of nitrogens with zero attached hydrogens (tertiary/aromatic N) is 1. The Bertz CT molecular complexity index is 683. The Balaban J connectivity index is 1.86. The minimum atomic E-state index is -1.10. The molecule has 0 fully saturated rings. The van der Waals surface area contributed by atoms with Crippen LogP contribution < -0.4 is 10.1 Å². The van der Waals surface area contributed by atoms with Crippen LogP contribution in [0.5, 0.6) is 5.75 Å². The second-order valence-corrected chi connectivity index (χ2v) is 6.08. The largest absolute Gasteiger partial charge is 0.494 e. The summed E-state index contributed by atoms with van der Waals surface area (Å²) in [6, 6.07) is 5.67. The molecule has 1 amide bonds. The summed E-state index contributed by atoms with van der Waals surface area (Å²) in [4.78, 5) is 30.3. The molecule has 0 unspecified atom stereocenters. The van der Waals surface area contributed by atoms with Crippen LogP contribution in [0.4, 0.5) is 0 Å². The third kappa shape index (κ3) is 6.23. The molecule has 7 nitrogen and oxygen atoms in total. The van der Waals surface area contributed by atoms with Crippen molar-refractivity contribution < 1.29 is 19.4 Å². The van der Waals surface area contributed by atoms with Crippen LogP contribution in [0.2, 0.25) is 0 Å². The zero-order valence-corrected chi connectivity index (χ0v) is 14.9. The van der Waals surface area contributed by atoms with Crippen molar-refractivity contribution in [2.45, 2.75) is 45.1 Å². The van der Waals surface area contributed by atoms with E-state index in [9.17, 15) is 14.7 Å². The van der Waals surface area contributed by atoms with Gasteiger partial charge in [0.1, 0.15) is 11.8 Å². The molecule has 7 heteroatoms. The van der Waals surface area contributed by atoms with Crippen molar-refractivity contribution in [3.05, 3.63) is 48.0 Å². The molecule has 0 radical (unpaired) electrons. The summed E-state index contributed by atoms with van der Waals surface area (Å²) in [7, 11) is 0. The molecule has 0 aliphatic carbocycles. The molecule has 1 heterocycles. The van der Waals surface area contributed by atoms with Crippen LogP contribution in [-0.2, 0) is 11.2 Å². The molecular weight excluding hydrogens is 334 g/mol. The van der Waals surface area contributed by atoms with Gasteiger partial charge in [-0.3, -0.25) is 4.79 Å². The van der Waals surface area contributed by atoms with Crippen LogP contribution in [0.3, 0.4) is 0 Å². The van der Waals surface area contributed by atoms with Crippen molar-refractivity contribution in [1.82, 2.24) is 15.3 Å². The minimum Gasteiger partial charge on any atom is -0.494 e. The van der Waals surface area contributed by atoms with Gasteiger partial charge in [0.05, 0.1) is 12.9 Å². The lowest BCUT2D eigenvalue weighted by molar-refractivity contribution is -0.139. The average Bonchev–Trinajstić information content (AvgIpc) is 3.14. The van der Waals surface area contributed by atoms with Crippen LogP contribution in [0.1, 0.15) is 48.7 Å². The second-order valence-electron chi connectivity index (χ2n) is 6.08. The number of aliphatic carboxylic acids is 1. The van der Waals surface area contributed by atoms with Gasteiger partial charge in [0.25, 0.3) is 5.91 Å². The number of H-pyrrole nitrogens is 1. The van der Waals surface area contributed by atoms with Gasteiger partial charge in [-0.15, -0.1) is 0 Å². The topological polar surface area (TPSA) is 104 Å². The maximum atomic E-state index is 12.3. The van der Waals surface area contributed by atoms with Gasteiger partial charge in [0, 0.05) is 23.9 Å². The second kappa shape index (κ2) is 10.2. The molecule has 0 aliphatic heterocycles. The number of carboxylic acids is 1. The third-order valence-electron chi connectivity index (χ3n) is 3.97. The predicted molar refractivity (Wildman–Crippen MR) is 97.3 cm³/mol. The Morgan fingerprint density at radius 2 is 2.00 bits per heavy atom. The Labute approximate surface area is 152 Å². The van der Waals surface area contributed by atoms with E-state index in [-0.39, 0.29) is 6.42 Å². The quantitative estimate of drug-likeness (QED) is 0.535. The minimum absolute atomic E-state index is 0.139. The number of amides is 1. The lowest BCUT2D eigenvalue weighted by Crippen LogP contribution is -2.42. The van der Waals surface area contributed by atoms with Crippen molar-refractivity contribution in [1.29, 1.82) is 0 Å². The van der Waals surface area contributed by atoms with Crippen molar-refractivity contribution in [3.63, 3.8) is 0 Å². The number of aromatic nitrogens is 2. The van der Waals surface area contributed by atoms with E-state index in [2.05, 4.69) is 22.2 Å². The number of nitrogens with one attached hydrogen (secondary N) is 2. The predicted octanol–water partition coefficient (Wildman–Crippen LogP) is 2.79. The Morgan fingerprint density at radius 3 is 2.62 bits per heavy atom. The van der Waals surface area contributed by atoms with E-state index in [0.29, 0.717) is 23.6 Å². The van der Waals surface area contributed by atoms with E-state index in [1.807, 2.05) is 0 Å². The number of hydrogen-bond acceptors (Lipinski definition) is 4. The van der Waals surface area contributed by atoms with E-state index >= 15 is 0 Å². The lowest BCUT2D eigenvalue weighted by Gasteiger charge is -2.14. The smallest absolute Gasteiger partial charge is 0.326 e. The molecule has 1 aromatic carbocycles. The van der Waals surface area contributed by atoms with Crippen LogP contribution in [-0.4, -0.2) is 39.6 Å². The zero-order chi connectivity index (χ0) is 18.8. The summed E-state index contributed by atoms with van der Waals surface area (Å²) in [5.41, 5.74) is 1.03. The first-order chi connectivity index (χ1) is 12.6. The maximum absolute atomic E-state index is 12.3. The molecular formula is C19H25N3O4. The number of ether oxygens (including phenoxy) is 1. The fourth-order valence-electron chi connectivity index (χ4n) is 2.48. The molecule has 26 heavy (non-hydrogen) atoms. The summed E-state index contributed by atoms with van der Waals surface area (Å²) in [5, 5.41) is 11.8. The highest BCUT2D eigenvalue weighted by Gasteiger charge is 2.21. The highest BCUT2D eigenvalue weighted by atomic mass is 16.5. The number of rotatable bonds is 11. The molecule has 2 rings (SSSR count). The van der Waals surface area contributed by atoms with Crippen molar-refractivity contribution in [2.24, 2.45) is 0 Å². The SMILES string of the molecule is CCCCCCOc1ccc(C(=O)N[C@@H](Cc2cnc[nH]2)C(=O)O)cc1. The molecule has 0 spiro atoms. The van der Waals surface area contributed by atoms with Crippen LogP contribution in [0, 0.1) is 0 Å². The summed E-state index contributed by atoms with van der Waals surface area (Å²) < 4.78 is 5.64. The number of carbonyl (C=O) groups excluding carboxylic acids is 1. The van der Waals surface area contributed by atoms with Crippen LogP contribution in [0.25, 0.3) is 0 Å². The number of imidazole rings is 1. The number of aromatic amines is 1. The highest BCUT2D eigenvalue weighted by molar-refractivity contribution is 5.96. The first-order valence-electron chi connectivity index (χ1n) is 8.84. The van der Waals surface area contributed by atoms with E-state index < -0.39 is 17.9 Å². The molecule has 1 aromatic heterocycles. The number of carboxylic acid groups (broad SMARTS) is 1. The Kier molecular flexibility index (Phi) is 7.67. The van der Waals surface area contributed by atoms with Crippen LogP contribution in [0.15, 0.2) is 36.8 Å². The molecule has 0 saturated heterocycles. The molecule has 0 aliphatic rings. The van der Waals surface area contributed by atoms with Gasteiger partial charge in [0.15, 0.2) is 0 Å². The highest BCUT2D eigenvalue weighted by Crippen LogP contribution is 2.13. The van der Waals surface area contributed by atoms with Gasteiger partial charge < -0.3 is 20.1 Å². The monoisotopic (exact) mass is 359 g/mol. The molecule has 3 N–H and O–H groups in total. The first-order valence-corrected chi connectivity index (χ1v) is 8.84. The summed E-state index contributed by atoms with van der Waals surface area (Å²) in [6.07, 6.45) is 7.67. The normalized spacial score (nSPS) is 11.7. The number of hydrogen-bond donors (Lipinski definition) is 3. The molecule has 0 bridgehead atoms. The lowest BCUT2D eigenvalue weighted by atomic mass is 10.1. The molecule has 0 saturated carbocycles. The zero-order valence-electron chi connectivity index (χ0n) is 14.9. The van der Waals surface area contributed by atoms with E-state index in [1.165, 1.54) is 25.4 Å². The van der Waals surface area contributed by atoms with Crippen LogP contribution >= 0.6 is 0 Å². The van der Waals surface area contributed by atoms with Gasteiger partial charge >= 0.3 is 5.97 Å². The molecule has 1 atom stereocenters. The van der Waals surface area contributed by atoms with Crippen molar-refractivity contribution in [3.8, 4) is 5.75 Å². The Morgan fingerprint density at radius 1 is 1.23 bits per heavy atom. The number of benzene rings is 1. The van der Waals surface area contributed by atoms with Gasteiger partial charge in [-0.2, -0.15) is 0 Å². The van der Waals surface area contributed by atoms with Crippen molar-refractivity contribution in [2.75, 3.05) is 6.61 Å². The third-order valence-corrected chi connectivity index (χ3v) is 3.97.